The predicted octanol–water partition coefficient (Wildman–Crippen LogP) is 2.85. The smallest absolute Gasteiger partial charge is 0.244 e. The van der Waals surface area contributed by atoms with E-state index in [0.717, 1.165) is 13.1 Å². The first-order chi connectivity index (χ1) is 12.2. The van der Waals surface area contributed by atoms with Crippen molar-refractivity contribution in [3.8, 4) is 5.75 Å². The van der Waals surface area contributed by atoms with E-state index >= 15 is 0 Å². The summed E-state index contributed by atoms with van der Waals surface area (Å²) in [5, 5.41) is 2.93. The van der Waals surface area contributed by atoms with E-state index in [0.29, 0.717) is 12.1 Å². The number of methoxy groups -OCH3 is 1. The van der Waals surface area contributed by atoms with Gasteiger partial charge in [-0.05, 0) is 51.5 Å². The maximum Gasteiger partial charge on any atom is 0.244 e. The molecule has 0 saturated carbocycles. The molecule has 2 unspecified atom stereocenters. The van der Waals surface area contributed by atoms with Crippen LogP contribution in [-0.2, 0) is 9.53 Å². The van der Waals surface area contributed by atoms with Crippen LogP contribution in [0.5, 0.6) is 5.75 Å². The molecule has 0 aliphatic carbocycles. The Morgan fingerprint density at radius 2 is 2.04 bits per heavy atom. The minimum absolute atomic E-state index is 0.179. The summed E-state index contributed by atoms with van der Waals surface area (Å²) < 4.78 is 24.3. The highest BCUT2D eigenvalue weighted by Crippen LogP contribution is 2.21. The minimum Gasteiger partial charge on any atom is -0.494 e. The number of hydrogen-bond acceptors (Lipinski definition) is 4. The van der Waals surface area contributed by atoms with E-state index in [2.05, 4.69) is 37.9 Å². The topological polar surface area (TPSA) is 50.8 Å². The van der Waals surface area contributed by atoms with Crippen LogP contribution < -0.4 is 10.1 Å². The maximum absolute atomic E-state index is 13.7. The van der Waals surface area contributed by atoms with Gasteiger partial charge < -0.3 is 14.8 Å². The van der Waals surface area contributed by atoms with E-state index in [1.54, 1.807) is 12.1 Å². The molecule has 2 rings (SSSR count). The summed E-state index contributed by atoms with van der Waals surface area (Å²) in [6, 6.07) is 4.58. The monoisotopic (exact) mass is 364 g/mol. The lowest BCUT2D eigenvalue weighted by Crippen LogP contribution is -2.58. The average Bonchev–Trinajstić information content (AvgIpc) is 2.57. The number of benzene rings is 1. The lowest BCUT2D eigenvalue weighted by Gasteiger charge is -2.45. The molecule has 5 nitrogen and oxygen atoms in total. The van der Waals surface area contributed by atoms with E-state index in [1.807, 2.05) is 0 Å². The van der Waals surface area contributed by atoms with Gasteiger partial charge in [0.1, 0.15) is 0 Å². The van der Waals surface area contributed by atoms with E-state index in [9.17, 15) is 9.18 Å². The molecule has 1 aliphatic rings. The van der Waals surface area contributed by atoms with Crippen LogP contribution >= 0.6 is 0 Å². The fraction of sp³-hybridized carbons (Fsp3) is 0.550. The van der Waals surface area contributed by atoms with Gasteiger partial charge in [0, 0.05) is 31.2 Å². The second kappa shape index (κ2) is 8.64. The number of nitrogens with zero attached hydrogens (tertiary/aromatic N) is 1. The number of carbonyl (C=O) groups is 1. The summed E-state index contributed by atoms with van der Waals surface area (Å²) in [5.41, 5.74) is 0.427. The van der Waals surface area contributed by atoms with E-state index in [4.69, 9.17) is 9.47 Å². The Hall–Kier alpha value is -1.92. The highest BCUT2D eigenvalue weighted by molar-refractivity contribution is 5.91. The first-order valence-corrected chi connectivity index (χ1v) is 8.91. The molecule has 1 fully saturated rings. The molecule has 6 heteroatoms. The quantitative estimate of drug-likeness (QED) is 0.789. The summed E-state index contributed by atoms with van der Waals surface area (Å²) in [4.78, 5) is 14.5. The summed E-state index contributed by atoms with van der Waals surface area (Å²) in [5.74, 6) is -0.474. The van der Waals surface area contributed by atoms with Crippen molar-refractivity contribution < 1.29 is 18.7 Å². The molecule has 1 aliphatic heterocycles. The molecule has 1 N–H and O–H groups in total. The Kier molecular flexibility index (Phi) is 6.78. The van der Waals surface area contributed by atoms with Gasteiger partial charge in [-0.25, -0.2) is 4.39 Å². The summed E-state index contributed by atoms with van der Waals surface area (Å²) in [6.07, 6.45) is 3.36. The molecular formula is C20H29FN2O3. The van der Waals surface area contributed by atoms with Crippen molar-refractivity contribution >= 4 is 12.0 Å². The van der Waals surface area contributed by atoms with Crippen molar-refractivity contribution in [1.29, 1.82) is 0 Å². The van der Waals surface area contributed by atoms with Gasteiger partial charge in [0.15, 0.2) is 11.6 Å². The van der Waals surface area contributed by atoms with Gasteiger partial charge in [-0.3, -0.25) is 9.69 Å². The highest BCUT2D eigenvalue weighted by Gasteiger charge is 2.33. The molecule has 0 spiro atoms. The molecule has 2 atom stereocenters. The lowest BCUT2D eigenvalue weighted by molar-refractivity contribution is -0.118. The van der Waals surface area contributed by atoms with Gasteiger partial charge in [-0.2, -0.15) is 0 Å². The number of rotatable bonds is 6. The van der Waals surface area contributed by atoms with Crippen LogP contribution in [0.2, 0.25) is 0 Å². The third-order valence-electron chi connectivity index (χ3n) is 4.57. The van der Waals surface area contributed by atoms with Gasteiger partial charge in [-0.15, -0.1) is 0 Å². The van der Waals surface area contributed by atoms with E-state index < -0.39 is 5.82 Å². The maximum atomic E-state index is 13.7. The molecule has 1 saturated heterocycles. The number of amides is 1. The zero-order chi connectivity index (χ0) is 19.3. The van der Waals surface area contributed by atoms with Crippen molar-refractivity contribution in [2.75, 3.05) is 26.7 Å². The van der Waals surface area contributed by atoms with Gasteiger partial charge in [0.25, 0.3) is 0 Å². The Morgan fingerprint density at radius 3 is 2.62 bits per heavy atom. The molecule has 1 amide bonds. The average molecular weight is 364 g/mol. The van der Waals surface area contributed by atoms with Crippen LogP contribution in [0, 0.1) is 5.82 Å². The lowest BCUT2D eigenvalue weighted by atomic mass is 10.00. The second-order valence-electron chi connectivity index (χ2n) is 7.42. The van der Waals surface area contributed by atoms with Crippen molar-refractivity contribution in [3.63, 3.8) is 0 Å². The van der Waals surface area contributed by atoms with Crippen LogP contribution in [-0.4, -0.2) is 55.3 Å². The normalized spacial score (nSPS) is 21.8. The number of halogens is 1. The third-order valence-corrected chi connectivity index (χ3v) is 4.57. The van der Waals surface area contributed by atoms with Crippen LogP contribution in [0.4, 0.5) is 4.39 Å². The van der Waals surface area contributed by atoms with Crippen molar-refractivity contribution in [2.45, 2.75) is 45.4 Å². The van der Waals surface area contributed by atoms with Gasteiger partial charge in [-0.1, -0.05) is 6.07 Å². The molecule has 1 aromatic carbocycles. The number of nitrogens with one attached hydrogen (secondary N) is 1. The Morgan fingerprint density at radius 1 is 1.38 bits per heavy atom. The van der Waals surface area contributed by atoms with E-state index in [-0.39, 0.29) is 29.4 Å². The van der Waals surface area contributed by atoms with Crippen molar-refractivity contribution in [3.05, 3.63) is 35.7 Å². The first-order valence-electron chi connectivity index (χ1n) is 8.91. The first kappa shape index (κ1) is 20.4. The summed E-state index contributed by atoms with van der Waals surface area (Å²) in [6.45, 7) is 10.6. The van der Waals surface area contributed by atoms with Crippen LogP contribution in [0.3, 0.4) is 0 Å². The zero-order valence-electron chi connectivity index (χ0n) is 16.2. The fourth-order valence-electron chi connectivity index (χ4n) is 3.10. The van der Waals surface area contributed by atoms with Gasteiger partial charge >= 0.3 is 0 Å². The van der Waals surface area contributed by atoms with Gasteiger partial charge in [0.2, 0.25) is 5.91 Å². The minimum atomic E-state index is -0.452. The molecule has 0 bridgehead atoms. The highest BCUT2D eigenvalue weighted by atomic mass is 19.1. The van der Waals surface area contributed by atoms with Gasteiger partial charge in [0.05, 0.1) is 19.3 Å². The van der Waals surface area contributed by atoms with Crippen molar-refractivity contribution in [1.82, 2.24) is 10.2 Å². The number of ether oxygens (including phenoxy) is 2. The predicted molar refractivity (Wildman–Crippen MR) is 101 cm³/mol. The Bertz CT molecular complexity index is 650. The largest absolute Gasteiger partial charge is 0.494 e. The zero-order valence-corrected chi connectivity index (χ0v) is 16.2. The molecule has 144 valence electrons. The third kappa shape index (κ3) is 5.54. The van der Waals surface area contributed by atoms with E-state index in [1.165, 1.54) is 25.3 Å². The standard InChI is InChI=1S/C20H29FN2O3/c1-14-11-23(12-15(2)26-14)20(3,4)13-22-19(24)9-7-16-6-8-18(25-5)17(21)10-16/h6-10,14-15H,11-13H2,1-5H3,(H,22,24). The Balaban J connectivity index is 1.90. The Labute approximate surface area is 155 Å². The number of hydrogen-bond donors (Lipinski definition) is 1. The van der Waals surface area contributed by atoms with Crippen LogP contribution in [0.25, 0.3) is 6.08 Å². The second-order valence-corrected chi connectivity index (χ2v) is 7.42. The molecule has 1 heterocycles. The SMILES string of the molecule is COc1ccc(C=CC(=O)NCC(C)(C)N2CC(C)OC(C)C2)cc1F. The molecule has 1 aromatic rings. The number of morpholine rings is 1. The molecule has 0 radical (unpaired) electrons. The summed E-state index contributed by atoms with van der Waals surface area (Å²) in [7, 11) is 1.42. The van der Waals surface area contributed by atoms with Crippen LogP contribution in [0.15, 0.2) is 24.3 Å². The molecular weight excluding hydrogens is 335 g/mol. The number of carbonyl (C=O) groups excluding carboxylic acids is 1. The summed E-state index contributed by atoms with van der Waals surface area (Å²) >= 11 is 0. The van der Waals surface area contributed by atoms with Crippen molar-refractivity contribution in [2.24, 2.45) is 0 Å². The molecule has 0 aromatic heterocycles. The van der Waals surface area contributed by atoms with Crippen LogP contribution in [0.1, 0.15) is 33.3 Å². The molecule has 26 heavy (non-hydrogen) atoms. The fourth-order valence-corrected chi connectivity index (χ4v) is 3.10.